The SMILES string of the molecule is CON(C)C(=O)c1nc2c(C#N)c(C)c(Br)c(N3CC[C@@](C)(CNC(=O)OC(C)(C)C)C3)n2n1. The Morgan fingerprint density at radius 2 is 2.06 bits per heavy atom. The molecule has 1 atom stereocenters. The first kappa shape index (κ1) is 25.7. The van der Waals surface area contributed by atoms with Gasteiger partial charge in [-0.25, -0.2) is 14.8 Å². The summed E-state index contributed by atoms with van der Waals surface area (Å²) in [6.07, 6.45) is 0.356. The first-order valence-corrected chi connectivity index (χ1v) is 11.6. The molecule has 12 heteroatoms. The number of nitrogens with zero attached hydrogens (tertiary/aromatic N) is 6. The van der Waals surface area contributed by atoms with Crippen molar-refractivity contribution in [3.05, 3.63) is 21.4 Å². The molecule has 1 aliphatic heterocycles. The van der Waals surface area contributed by atoms with Crippen LogP contribution in [-0.4, -0.2) is 71.1 Å². The molecule has 2 aromatic rings. The fourth-order valence-electron chi connectivity index (χ4n) is 3.83. The minimum atomic E-state index is -0.567. The Morgan fingerprint density at radius 3 is 2.65 bits per heavy atom. The molecule has 3 heterocycles. The van der Waals surface area contributed by atoms with E-state index in [2.05, 4.69) is 49.2 Å². The zero-order valence-electron chi connectivity index (χ0n) is 20.5. The van der Waals surface area contributed by atoms with Gasteiger partial charge in [-0.3, -0.25) is 9.63 Å². The smallest absolute Gasteiger partial charge is 0.407 e. The van der Waals surface area contributed by atoms with Crippen LogP contribution in [0.1, 0.15) is 55.9 Å². The van der Waals surface area contributed by atoms with E-state index in [0.29, 0.717) is 46.7 Å². The lowest BCUT2D eigenvalue weighted by atomic mass is 9.90. The van der Waals surface area contributed by atoms with Gasteiger partial charge in [-0.1, -0.05) is 6.92 Å². The van der Waals surface area contributed by atoms with Gasteiger partial charge in [0.05, 0.1) is 11.6 Å². The fraction of sp³-hybridized carbons (Fsp3) is 0.591. The Bertz CT molecular complexity index is 1170. The second-order valence-corrected chi connectivity index (χ2v) is 10.5. The topological polar surface area (TPSA) is 125 Å². The number of fused-ring (bicyclic) bond motifs is 1. The molecule has 11 nitrogen and oxygen atoms in total. The van der Waals surface area contributed by atoms with E-state index in [1.807, 2.05) is 27.7 Å². The van der Waals surface area contributed by atoms with E-state index in [1.54, 1.807) is 0 Å². The number of aromatic nitrogens is 3. The third-order valence-corrected chi connectivity index (χ3v) is 6.66. The van der Waals surface area contributed by atoms with Gasteiger partial charge in [0, 0.05) is 32.1 Å². The zero-order valence-corrected chi connectivity index (χ0v) is 22.1. The quantitative estimate of drug-likeness (QED) is 0.579. The van der Waals surface area contributed by atoms with Gasteiger partial charge >= 0.3 is 12.0 Å². The number of hydrogen-bond acceptors (Lipinski definition) is 8. The summed E-state index contributed by atoms with van der Waals surface area (Å²) in [4.78, 5) is 36.2. The summed E-state index contributed by atoms with van der Waals surface area (Å²) in [5.74, 6) is 0.0925. The van der Waals surface area contributed by atoms with Crippen molar-refractivity contribution in [2.75, 3.05) is 38.7 Å². The first-order valence-electron chi connectivity index (χ1n) is 10.8. The molecule has 2 amide bonds. The lowest BCUT2D eigenvalue weighted by Gasteiger charge is -2.28. The van der Waals surface area contributed by atoms with Crippen molar-refractivity contribution in [2.45, 2.75) is 46.6 Å². The minimum Gasteiger partial charge on any atom is -0.444 e. The van der Waals surface area contributed by atoms with Crippen molar-refractivity contribution in [1.29, 1.82) is 5.26 Å². The average molecular weight is 536 g/mol. The van der Waals surface area contributed by atoms with E-state index in [0.717, 1.165) is 11.5 Å². The Balaban J connectivity index is 1.94. The predicted molar refractivity (Wildman–Crippen MR) is 128 cm³/mol. The molecule has 184 valence electrons. The van der Waals surface area contributed by atoms with Crippen LogP contribution >= 0.6 is 15.9 Å². The molecule has 0 aliphatic carbocycles. The normalized spacial score (nSPS) is 18.1. The molecule has 0 spiro atoms. The van der Waals surface area contributed by atoms with Gasteiger partial charge in [0.1, 0.15) is 23.1 Å². The van der Waals surface area contributed by atoms with Gasteiger partial charge in [0.15, 0.2) is 5.65 Å². The molecule has 2 aromatic heterocycles. The standard InChI is InChI=1S/C22H30BrN7O4/c1-13-14(10-24)17-26-16(19(31)28(6)33-7)27-30(17)18(15(13)23)29-9-8-22(5,12-29)11-25-20(32)34-21(2,3)4/h8-9,11-12H2,1-7H3,(H,25,32)/t22-/m0/s1. The van der Waals surface area contributed by atoms with Crippen molar-refractivity contribution in [2.24, 2.45) is 5.41 Å². The van der Waals surface area contributed by atoms with Crippen LogP contribution in [0.4, 0.5) is 10.6 Å². The fourth-order valence-corrected chi connectivity index (χ4v) is 4.45. The van der Waals surface area contributed by atoms with Crippen LogP contribution in [-0.2, 0) is 9.57 Å². The number of nitrogens with one attached hydrogen (secondary N) is 1. The van der Waals surface area contributed by atoms with E-state index in [1.165, 1.54) is 18.7 Å². The van der Waals surface area contributed by atoms with E-state index < -0.39 is 17.6 Å². The molecule has 1 saturated heterocycles. The maximum absolute atomic E-state index is 12.6. The number of rotatable bonds is 5. The lowest BCUT2D eigenvalue weighted by molar-refractivity contribution is -0.0764. The maximum atomic E-state index is 12.6. The van der Waals surface area contributed by atoms with Crippen molar-refractivity contribution in [3.63, 3.8) is 0 Å². The Labute approximate surface area is 207 Å². The minimum absolute atomic E-state index is 0.0758. The molecule has 1 aliphatic rings. The maximum Gasteiger partial charge on any atom is 0.407 e. The highest BCUT2D eigenvalue weighted by atomic mass is 79.9. The number of carbonyl (C=O) groups is 2. The molecular formula is C22H30BrN7O4. The number of amides is 2. The molecular weight excluding hydrogens is 506 g/mol. The lowest BCUT2D eigenvalue weighted by Crippen LogP contribution is -2.40. The number of hydrogen-bond donors (Lipinski definition) is 1. The third kappa shape index (κ3) is 5.10. The largest absolute Gasteiger partial charge is 0.444 e. The van der Waals surface area contributed by atoms with E-state index >= 15 is 0 Å². The van der Waals surface area contributed by atoms with Crippen molar-refractivity contribution in [3.8, 4) is 6.07 Å². The van der Waals surface area contributed by atoms with Gasteiger partial charge < -0.3 is 15.0 Å². The average Bonchev–Trinajstić information content (AvgIpc) is 3.36. The van der Waals surface area contributed by atoms with Crippen LogP contribution in [0.3, 0.4) is 0 Å². The molecule has 0 saturated carbocycles. The first-order chi connectivity index (χ1) is 15.8. The highest BCUT2D eigenvalue weighted by molar-refractivity contribution is 9.10. The molecule has 0 aromatic carbocycles. The van der Waals surface area contributed by atoms with Crippen molar-refractivity contribution >= 4 is 39.4 Å². The second kappa shape index (κ2) is 9.38. The van der Waals surface area contributed by atoms with Gasteiger partial charge in [-0.15, -0.1) is 5.10 Å². The van der Waals surface area contributed by atoms with Crippen LogP contribution in [0.5, 0.6) is 0 Å². The molecule has 1 N–H and O–H groups in total. The highest BCUT2D eigenvalue weighted by Crippen LogP contribution is 2.39. The summed E-state index contributed by atoms with van der Waals surface area (Å²) in [7, 11) is 2.84. The number of pyridine rings is 1. The zero-order chi connectivity index (χ0) is 25.4. The highest BCUT2D eigenvalue weighted by Gasteiger charge is 2.37. The Hall–Kier alpha value is -2.91. The molecule has 34 heavy (non-hydrogen) atoms. The number of hydroxylamine groups is 2. The Morgan fingerprint density at radius 1 is 1.38 bits per heavy atom. The molecule has 0 bridgehead atoms. The van der Waals surface area contributed by atoms with Gasteiger partial charge in [-0.05, 0) is 55.6 Å². The number of carbonyl (C=O) groups excluding carboxylic acids is 2. The summed E-state index contributed by atoms with van der Waals surface area (Å²) in [5, 5.41) is 18.1. The summed E-state index contributed by atoms with van der Waals surface area (Å²) in [6, 6.07) is 2.17. The van der Waals surface area contributed by atoms with Gasteiger partial charge in [-0.2, -0.15) is 9.78 Å². The van der Waals surface area contributed by atoms with Crippen molar-refractivity contribution in [1.82, 2.24) is 25.0 Å². The summed E-state index contributed by atoms with van der Waals surface area (Å²) in [5.41, 5.74) is 0.543. The van der Waals surface area contributed by atoms with Crippen molar-refractivity contribution < 1.29 is 19.2 Å². The molecule has 0 unspecified atom stereocenters. The summed E-state index contributed by atoms with van der Waals surface area (Å²) in [6.45, 7) is 11.1. The van der Waals surface area contributed by atoms with E-state index in [4.69, 9.17) is 9.57 Å². The molecule has 1 fully saturated rings. The Kier molecular flexibility index (Phi) is 7.10. The summed E-state index contributed by atoms with van der Waals surface area (Å²) >= 11 is 3.63. The van der Waals surface area contributed by atoms with Crippen LogP contribution in [0.25, 0.3) is 5.65 Å². The van der Waals surface area contributed by atoms with Gasteiger partial charge in [0.2, 0.25) is 5.82 Å². The van der Waals surface area contributed by atoms with Crippen LogP contribution < -0.4 is 10.2 Å². The number of anilines is 1. The number of nitriles is 1. The monoisotopic (exact) mass is 535 g/mol. The summed E-state index contributed by atoms with van der Waals surface area (Å²) < 4.78 is 7.58. The number of ether oxygens (including phenoxy) is 1. The predicted octanol–water partition coefficient (Wildman–Crippen LogP) is 3.05. The molecule has 0 radical (unpaired) electrons. The van der Waals surface area contributed by atoms with Crippen LogP contribution in [0, 0.1) is 23.7 Å². The van der Waals surface area contributed by atoms with E-state index in [-0.39, 0.29) is 11.2 Å². The number of alkyl carbamates (subject to hydrolysis) is 1. The second-order valence-electron chi connectivity index (χ2n) is 9.74. The van der Waals surface area contributed by atoms with Crippen LogP contribution in [0.2, 0.25) is 0 Å². The third-order valence-electron chi connectivity index (χ3n) is 5.71. The van der Waals surface area contributed by atoms with Crippen LogP contribution in [0.15, 0.2) is 4.47 Å². The van der Waals surface area contributed by atoms with Gasteiger partial charge in [0.25, 0.3) is 0 Å². The van der Waals surface area contributed by atoms with E-state index in [9.17, 15) is 14.9 Å². The molecule has 3 rings (SSSR count). The number of halogens is 1.